The van der Waals surface area contributed by atoms with Crippen LogP contribution in [0.3, 0.4) is 0 Å². The molecule has 3 aromatic rings. The minimum Gasteiger partial charge on any atom is -0.364 e. The molecular weight excluding hydrogens is 438 g/mol. The van der Waals surface area contributed by atoms with E-state index in [1.54, 1.807) is 17.6 Å². The summed E-state index contributed by atoms with van der Waals surface area (Å²) in [5.41, 5.74) is 6.60. The second-order valence-corrected chi connectivity index (χ2v) is 9.00. The first-order valence-electron chi connectivity index (χ1n) is 8.18. The Morgan fingerprint density at radius 2 is 1.97 bits per heavy atom. The Labute approximate surface area is 175 Å². The van der Waals surface area contributed by atoms with Crippen molar-refractivity contribution in [1.82, 2.24) is 14.7 Å². The highest BCUT2D eigenvalue weighted by Gasteiger charge is 2.23. The first-order chi connectivity index (χ1) is 13.7. The van der Waals surface area contributed by atoms with Gasteiger partial charge < -0.3 is 16.0 Å². The van der Waals surface area contributed by atoms with Gasteiger partial charge in [0.15, 0.2) is 5.13 Å². The normalized spacial score (nSPS) is 12.5. The molecule has 9 nitrogen and oxygen atoms in total. The zero-order valence-electron chi connectivity index (χ0n) is 15.0. The number of H-pyrrole nitrogens is 1. The molecular formula is C17H16ClN5O4S2. The first kappa shape index (κ1) is 21.0. The summed E-state index contributed by atoms with van der Waals surface area (Å²) in [6.07, 6.45) is 1.57. The summed E-state index contributed by atoms with van der Waals surface area (Å²) in [4.78, 5) is 30.5. The molecule has 12 heteroatoms. The van der Waals surface area contributed by atoms with Crippen LogP contribution in [0.15, 0.2) is 46.8 Å². The molecule has 5 N–H and O–H groups in total. The number of carbonyl (C=O) groups excluding carboxylic acids is 2. The summed E-state index contributed by atoms with van der Waals surface area (Å²) in [6.45, 7) is 1.42. The summed E-state index contributed by atoms with van der Waals surface area (Å²) < 4.78 is 27.0. The molecule has 0 aliphatic carbocycles. The number of sulfonamides is 1. The van der Waals surface area contributed by atoms with Gasteiger partial charge in [-0.25, -0.2) is 13.4 Å². The van der Waals surface area contributed by atoms with Crippen molar-refractivity contribution in [2.75, 3.05) is 5.32 Å². The van der Waals surface area contributed by atoms with Gasteiger partial charge in [0.2, 0.25) is 15.9 Å². The standard InChI is InChI=1S/C17H16ClN5O4S2/c1-9(23-29(26,27)12-4-2-11(18)3-5-12)16(25)22-17-21-14(8-28-17)10-6-13(15(19)24)20-7-10/h2-9,20,23H,1H3,(H2,19,24)(H,21,22,25)/t9-/m0/s1. The number of halogens is 1. The Balaban J connectivity index is 1.66. The number of nitrogens with two attached hydrogens (primary N) is 1. The summed E-state index contributed by atoms with van der Waals surface area (Å²) >= 11 is 6.92. The van der Waals surface area contributed by atoms with Gasteiger partial charge in [-0.15, -0.1) is 11.3 Å². The summed E-state index contributed by atoms with van der Waals surface area (Å²) in [6, 6.07) is 6.09. The van der Waals surface area contributed by atoms with E-state index in [-0.39, 0.29) is 15.7 Å². The predicted molar refractivity (Wildman–Crippen MR) is 110 cm³/mol. The minimum atomic E-state index is -3.89. The van der Waals surface area contributed by atoms with E-state index >= 15 is 0 Å². The quantitative estimate of drug-likeness (QED) is 0.433. The van der Waals surface area contributed by atoms with Gasteiger partial charge in [-0.3, -0.25) is 9.59 Å². The van der Waals surface area contributed by atoms with Gasteiger partial charge in [0.05, 0.1) is 16.6 Å². The van der Waals surface area contributed by atoms with Gasteiger partial charge >= 0.3 is 0 Å². The molecule has 152 valence electrons. The van der Waals surface area contributed by atoms with Crippen LogP contribution < -0.4 is 15.8 Å². The van der Waals surface area contributed by atoms with Crippen LogP contribution in [0.2, 0.25) is 5.02 Å². The lowest BCUT2D eigenvalue weighted by atomic mass is 10.2. The van der Waals surface area contributed by atoms with E-state index in [1.165, 1.54) is 31.2 Å². The van der Waals surface area contributed by atoms with Gasteiger partial charge in [0, 0.05) is 22.2 Å². The van der Waals surface area contributed by atoms with Crippen molar-refractivity contribution in [3.05, 3.63) is 52.6 Å². The average molecular weight is 454 g/mol. The fourth-order valence-corrected chi connectivity index (χ4v) is 4.38. The summed E-state index contributed by atoms with van der Waals surface area (Å²) in [5.74, 6) is -1.17. The molecule has 0 unspecified atom stereocenters. The fourth-order valence-electron chi connectivity index (χ4n) is 2.33. The average Bonchev–Trinajstić information content (AvgIpc) is 3.31. The van der Waals surface area contributed by atoms with Crippen LogP contribution in [0, 0.1) is 0 Å². The number of benzene rings is 1. The third-order valence-corrected chi connectivity index (χ3v) is 6.39. The molecule has 0 aliphatic heterocycles. The molecule has 2 amide bonds. The second-order valence-electron chi connectivity index (χ2n) is 5.99. The lowest BCUT2D eigenvalue weighted by molar-refractivity contribution is -0.117. The zero-order chi connectivity index (χ0) is 21.2. The van der Waals surface area contributed by atoms with Gasteiger partial charge in [0.1, 0.15) is 5.69 Å². The van der Waals surface area contributed by atoms with E-state index in [0.29, 0.717) is 16.3 Å². The molecule has 0 spiro atoms. The highest BCUT2D eigenvalue weighted by atomic mass is 35.5. The fraction of sp³-hybridized carbons (Fsp3) is 0.118. The SMILES string of the molecule is C[C@H](NS(=O)(=O)c1ccc(Cl)cc1)C(=O)Nc1nc(-c2c[nH]c(C(N)=O)c2)cs1. The molecule has 0 saturated carbocycles. The van der Waals surface area contributed by atoms with Crippen LogP contribution in [0.4, 0.5) is 5.13 Å². The Kier molecular flexibility index (Phi) is 6.03. The number of rotatable bonds is 7. The third kappa shape index (κ3) is 5.01. The number of amides is 2. The number of thiazole rings is 1. The molecule has 2 aromatic heterocycles. The molecule has 0 saturated heterocycles. The lowest BCUT2D eigenvalue weighted by Gasteiger charge is -2.13. The summed E-state index contributed by atoms with van der Waals surface area (Å²) in [5, 5.41) is 4.93. The molecule has 29 heavy (non-hydrogen) atoms. The van der Waals surface area contributed by atoms with E-state index in [4.69, 9.17) is 17.3 Å². The van der Waals surface area contributed by atoms with Crippen LogP contribution in [0.1, 0.15) is 17.4 Å². The number of nitrogens with zero attached hydrogens (tertiary/aromatic N) is 1. The first-order valence-corrected chi connectivity index (χ1v) is 10.9. The van der Waals surface area contributed by atoms with Gasteiger partial charge in [0.25, 0.3) is 5.91 Å². The summed E-state index contributed by atoms with van der Waals surface area (Å²) in [7, 11) is -3.89. The van der Waals surface area contributed by atoms with Crippen molar-refractivity contribution in [2.24, 2.45) is 5.73 Å². The number of primary amides is 1. The molecule has 0 aliphatic rings. The van der Waals surface area contributed by atoms with Crippen LogP contribution >= 0.6 is 22.9 Å². The molecule has 0 fully saturated rings. The van der Waals surface area contributed by atoms with Crippen LogP contribution in [-0.2, 0) is 14.8 Å². The maximum Gasteiger partial charge on any atom is 0.265 e. The maximum atomic E-state index is 12.4. The van der Waals surface area contributed by atoms with Crippen molar-refractivity contribution < 1.29 is 18.0 Å². The van der Waals surface area contributed by atoms with Gasteiger partial charge in [-0.2, -0.15) is 4.72 Å². The van der Waals surface area contributed by atoms with Gasteiger partial charge in [-0.05, 0) is 37.3 Å². The number of anilines is 1. The number of hydrogen-bond donors (Lipinski definition) is 4. The third-order valence-electron chi connectivity index (χ3n) is 3.83. The molecule has 3 rings (SSSR count). The van der Waals surface area contributed by atoms with E-state index in [1.807, 2.05) is 0 Å². The minimum absolute atomic E-state index is 0.00389. The smallest absolute Gasteiger partial charge is 0.265 e. The van der Waals surface area contributed by atoms with Crippen LogP contribution in [0.25, 0.3) is 11.3 Å². The highest BCUT2D eigenvalue weighted by Crippen LogP contribution is 2.25. The van der Waals surface area contributed by atoms with Crippen molar-refractivity contribution >= 4 is 49.9 Å². The van der Waals surface area contributed by atoms with Crippen molar-refractivity contribution in [1.29, 1.82) is 0 Å². The second kappa shape index (κ2) is 8.33. The molecule has 0 radical (unpaired) electrons. The number of aromatic nitrogens is 2. The maximum absolute atomic E-state index is 12.4. The molecule has 1 atom stereocenters. The number of nitrogens with one attached hydrogen (secondary N) is 3. The highest BCUT2D eigenvalue weighted by molar-refractivity contribution is 7.89. The zero-order valence-corrected chi connectivity index (χ0v) is 17.4. The van der Waals surface area contributed by atoms with Gasteiger partial charge in [-0.1, -0.05) is 11.6 Å². The number of carbonyl (C=O) groups is 2. The van der Waals surface area contributed by atoms with E-state index in [9.17, 15) is 18.0 Å². The Hall–Kier alpha value is -2.73. The molecule has 0 bridgehead atoms. The Bertz CT molecular complexity index is 1150. The van der Waals surface area contributed by atoms with E-state index in [0.717, 1.165) is 11.3 Å². The van der Waals surface area contributed by atoms with Crippen molar-refractivity contribution in [3.63, 3.8) is 0 Å². The Morgan fingerprint density at radius 1 is 1.28 bits per heavy atom. The Morgan fingerprint density at radius 3 is 2.59 bits per heavy atom. The van der Waals surface area contributed by atoms with Crippen LogP contribution in [-0.4, -0.2) is 36.2 Å². The predicted octanol–water partition coefficient (Wildman–Crippen LogP) is 2.20. The monoisotopic (exact) mass is 453 g/mol. The van der Waals surface area contributed by atoms with E-state index in [2.05, 4.69) is 20.0 Å². The van der Waals surface area contributed by atoms with Crippen LogP contribution in [0.5, 0.6) is 0 Å². The lowest BCUT2D eigenvalue weighted by Crippen LogP contribution is -2.41. The number of aromatic amines is 1. The van der Waals surface area contributed by atoms with E-state index < -0.39 is 27.9 Å². The largest absolute Gasteiger partial charge is 0.364 e. The van der Waals surface area contributed by atoms with Crippen molar-refractivity contribution in [2.45, 2.75) is 17.9 Å². The molecule has 1 aromatic carbocycles. The topological polar surface area (TPSA) is 147 Å². The number of hydrogen-bond acceptors (Lipinski definition) is 6. The van der Waals surface area contributed by atoms with Crippen molar-refractivity contribution in [3.8, 4) is 11.3 Å². The molecule has 2 heterocycles.